The van der Waals surface area contributed by atoms with Crippen molar-refractivity contribution in [1.82, 2.24) is 26.6 Å². The number of carbonyl (C=O) groups is 5. The molecule has 12 heteroatoms. The summed E-state index contributed by atoms with van der Waals surface area (Å²) in [6, 6.07) is -2.90. The SMILES string of the molecule is CNC(=O)C(CO)NC(=O)CNC(=O)C(CCCCN)NC(=O)C(C)NC(C)=O. The minimum absolute atomic E-state index is 0.292. The van der Waals surface area contributed by atoms with Gasteiger partial charge in [-0.2, -0.15) is 0 Å². The van der Waals surface area contributed by atoms with Crippen molar-refractivity contribution >= 4 is 29.5 Å². The highest BCUT2D eigenvalue weighted by Gasteiger charge is 2.24. The molecule has 0 spiro atoms. The predicted molar refractivity (Wildman–Crippen MR) is 104 cm³/mol. The Morgan fingerprint density at radius 2 is 1.59 bits per heavy atom. The lowest BCUT2D eigenvalue weighted by atomic mass is 10.1. The van der Waals surface area contributed by atoms with Crippen molar-refractivity contribution in [2.75, 3.05) is 26.7 Å². The second kappa shape index (κ2) is 14.3. The number of nitrogens with two attached hydrogens (primary N) is 1. The lowest BCUT2D eigenvalue weighted by Crippen LogP contribution is -2.54. The van der Waals surface area contributed by atoms with Crippen LogP contribution in [0, 0.1) is 0 Å². The number of hydrogen-bond acceptors (Lipinski definition) is 7. The average Bonchev–Trinajstić information content (AvgIpc) is 2.68. The standard InChI is InChI=1S/C17H32N6O6/c1-10(21-11(2)25)15(27)23-12(6-4-5-7-18)17(29)20-8-14(26)22-13(9-24)16(28)19-3/h10,12-13,24H,4-9,18H2,1-3H3,(H,19,28)(H,20,29)(H,21,25)(H,22,26)(H,23,27). The minimum Gasteiger partial charge on any atom is -0.394 e. The van der Waals surface area contributed by atoms with Gasteiger partial charge in [0.25, 0.3) is 0 Å². The second-order valence-electron chi connectivity index (χ2n) is 6.40. The molecule has 0 rings (SSSR count). The third kappa shape index (κ3) is 11.0. The molecule has 0 aliphatic rings. The van der Waals surface area contributed by atoms with Gasteiger partial charge in [-0.15, -0.1) is 0 Å². The maximum Gasteiger partial charge on any atom is 0.244 e. The van der Waals surface area contributed by atoms with Gasteiger partial charge in [-0.1, -0.05) is 0 Å². The summed E-state index contributed by atoms with van der Waals surface area (Å²) in [7, 11) is 1.36. The van der Waals surface area contributed by atoms with Crippen LogP contribution >= 0.6 is 0 Å². The van der Waals surface area contributed by atoms with Crippen molar-refractivity contribution < 1.29 is 29.1 Å². The number of aliphatic hydroxyl groups excluding tert-OH is 1. The Hall–Kier alpha value is -2.73. The molecule has 0 aromatic rings. The van der Waals surface area contributed by atoms with E-state index in [2.05, 4.69) is 26.6 Å². The number of hydrogen-bond donors (Lipinski definition) is 7. The third-order valence-corrected chi connectivity index (χ3v) is 3.90. The number of rotatable bonds is 13. The van der Waals surface area contributed by atoms with E-state index in [0.29, 0.717) is 25.8 Å². The van der Waals surface area contributed by atoms with Crippen LogP contribution in [0.15, 0.2) is 0 Å². The molecule has 0 bridgehead atoms. The fourth-order valence-corrected chi connectivity index (χ4v) is 2.33. The number of amides is 5. The Balaban J connectivity index is 4.81. The van der Waals surface area contributed by atoms with Crippen molar-refractivity contribution in [3.63, 3.8) is 0 Å². The Labute approximate surface area is 169 Å². The lowest BCUT2D eigenvalue weighted by Gasteiger charge is -2.21. The van der Waals surface area contributed by atoms with Gasteiger partial charge in [0.15, 0.2) is 0 Å². The van der Waals surface area contributed by atoms with Crippen molar-refractivity contribution in [2.24, 2.45) is 5.73 Å². The van der Waals surface area contributed by atoms with Crippen LogP contribution in [0.4, 0.5) is 0 Å². The normalized spacial score (nSPS) is 13.4. The summed E-state index contributed by atoms with van der Waals surface area (Å²) in [4.78, 5) is 59.0. The maximum atomic E-state index is 12.4. The van der Waals surface area contributed by atoms with Crippen LogP contribution in [0.5, 0.6) is 0 Å². The summed E-state index contributed by atoms with van der Waals surface area (Å²) in [6.45, 7) is 2.13. The number of aliphatic hydroxyl groups is 1. The van der Waals surface area contributed by atoms with Crippen molar-refractivity contribution in [3.05, 3.63) is 0 Å². The lowest BCUT2D eigenvalue weighted by molar-refractivity contribution is -0.133. The zero-order valence-electron chi connectivity index (χ0n) is 17.0. The third-order valence-electron chi connectivity index (χ3n) is 3.90. The maximum absolute atomic E-state index is 12.4. The first-order valence-electron chi connectivity index (χ1n) is 9.33. The van der Waals surface area contributed by atoms with Crippen molar-refractivity contribution in [1.29, 1.82) is 0 Å². The van der Waals surface area contributed by atoms with Gasteiger partial charge in [-0.05, 0) is 32.7 Å². The average molecular weight is 416 g/mol. The van der Waals surface area contributed by atoms with Crippen molar-refractivity contribution in [2.45, 2.75) is 51.2 Å². The zero-order valence-corrected chi connectivity index (χ0v) is 17.0. The highest BCUT2D eigenvalue weighted by Crippen LogP contribution is 2.02. The summed E-state index contributed by atoms with van der Waals surface area (Å²) in [5.74, 6) is -2.78. The highest BCUT2D eigenvalue weighted by molar-refractivity contribution is 5.94. The summed E-state index contributed by atoms with van der Waals surface area (Å²) >= 11 is 0. The van der Waals surface area contributed by atoms with E-state index in [1.165, 1.54) is 20.9 Å². The molecular formula is C17H32N6O6. The minimum atomic E-state index is -1.14. The Kier molecular flexibility index (Phi) is 12.9. The molecule has 12 nitrogen and oxygen atoms in total. The molecule has 0 saturated carbocycles. The quantitative estimate of drug-likeness (QED) is 0.151. The number of unbranched alkanes of at least 4 members (excludes halogenated alkanes) is 1. The Morgan fingerprint density at radius 3 is 2.10 bits per heavy atom. The molecule has 3 unspecified atom stereocenters. The van der Waals surface area contributed by atoms with E-state index in [0.717, 1.165) is 0 Å². The molecule has 5 amide bonds. The first-order valence-corrected chi connectivity index (χ1v) is 9.33. The summed E-state index contributed by atoms with van der Waals surface area (Å²) in [6.07, 6.45) is 1.51. The molecule has 0 saturated heterocycles. The molecule has 0 radical (unpaired) electrons. The largest absolute Gasteiger partial charge is 0.394 e. The van der Waals surface area contributed by atoms with Crippen LogP contribution in [-0.2, 0) is 24.0 Å². The fraction of sp³-hybridized carbons (Fsp3) is 0.706. The molecule has 29 heavy (non-hydrogen) atoms. The first kappa shape index (κ1) is 26.3. The monoisotopic (exact) mass is 416 g/mol. The zero-order chi connectivity index (χ0) is 22.4. The highest BCUT2D eigenvalue weighted by atomic mass is 16.3. The van der Waals surface area contributed by atoms with E-state index < -0.39 is 54.9 Å². The molecular weight excluding hydrogens is 384 g/mol. The van der Waals surface area contributed by atoms with E-state index >= 15 is 0 Å². The topological polar surface area (TPSA) is 192 Å². The van der Waals surface area contributed by atoms with Gasteiger partial charge in [0, 0.05) is 14.0 Å². The Morgan fingerprint density at radius 1 is 0.931 bits per heavy atom. The van der Waals surface area contributed by atoms with Crippen LogP contribution in [0.2, 0.25) is 0 Å². The van der Waals surface area contributed by atoms with Crippen LogP contribution in [-0.4, -0.2) is 79.5 Å². The van der Waals surface area contributed by atoms with Crippen molar-refractivity contribution in [3.8, 4) is 0 Å². The van der Waals surface area contributed by atoms with Crippen LogP contribution < -0.4 is 32.3 Å². The first-order chi connectivity index (χ1) is 13.7. The van der Waals surface area contributed by atoms with E-state index in [-0.39, 0.29) is 5.91 Å². The summed E-state index contributed by atoms with van der Waals surface area (Å²) in [5, 5.41) is 21.0. The summed E-state index contributed by atoms with van der Waals surface area (Å²) < 4.78 is 0. The molecule has 0 aromatic heterocycles. The number of likely N-dealkylation sites (N-methyl/N-ethyl adjacent to an activating group) is 1. The van der Waals surface area contributed by atoms with E-state index in [4.69, 9.17) is 10.8 Å². The van der Waals surface area contributed by atoms with Gasteiger partial charge in [0.1, 0.15) is 18.1 Å². The van der Waals surface area contributed by atoms with Crippen LogP contribution in [0.25, 0.3) is 0 Å². The molecule has 0 aromatic carbocycles. The number of carbonyl (C=O) groups excluding carboxylic acids is 5. The smallest absolute Gasteiger partial charge is 0.244 e. The van der Waals surface area contributed by atoms with Gasteiger partial charge < -0.3 is 37.4 Å². The molecule has 0 fully saturated rings. The van der Waals surface area contributed by atoms with Gasteiger partial charge in [0.2, 0.25) is 29.5 Å². The van der Waals surface area contributed by atoms with Gasteiger partial charge in [-0.3, -0.25) is 24.0 Å². The van der Waals surface area contributed by atoms with E-state index in [9.17, 15) is 24.0 Å². The second-order valence-corrected chi connectivity index (χ2v) is 6.40. The predicted octanol–water partition coefficient (Wildman–Crippen LogP) is -3.54. The van der Waals surface area contributed by atoms with E-state index in [1.807, 2.05) is 0 Å². The number of nitrogens with one attached hydrogen (secondary N) is 5. The molecule has 8 N–H and O–H groups in total. The Bertz CT molecular complexity index is 585. The van der Waals surface area contributed by atoms with Crippen LogP contribution in [0.3, 0.4) is 0 Å². The molecule has 3 atom stereocenters. The van der Waals surface area contributed by atoms with Crippen LogP contribution in [0.1, 0.15) is 33.1 Å². The van der Waals surface area contributed by atoms with Gasteiger partial charge >= 0.3 is 0 Å². The van der Waals surface area contributed by atoms with Gasteiger partial charge in [-0.25, -0.2) is 0 Å². The summed E-state index contributed by atoms with van der Waals surface area (Å²) in [5.41, 5.74) is 5.45. The fourth-order valence-electron chi connectivity index (χ4n) is 2.33. The molecule has 166 valence electrons. The molecule has 0 aliphatic carbocycles. The van der Waals surface area contributed by atoms with E-state index in [1.54, 1.807) is 0 Å². The molecule has 0 aliphatic heterocycles. The molecule has 0 heterocycles. The van der Waals surface area contributed by atoms with Gasteiger partial charge in [0.05, 0.1) is 13.2 Å².